The first-order chi connectivity index (χ1) is 15.9. The van der Waals surface area contributed by atoms with Gasteiger partial charge in [-0.2, -0.15) is 0 Å². The summed E-state index contributed by atoms with van der Waals surface area (Å²) in [5.74, 6) is 0.410. The number of furan rings is 1. The third-order valence-electron chi connectivity index (χ3n) is 5.87. The molecule has 1 saturated heterocycles. The van der Waals surface area contributed by atoms with Crippen LogP contribution in [0, 0.1) is 6.92 Å². The number of benzene rings is 1. The molecule has 1 atom stereocenters. The molecule has 1 amide bonds. The van der Waals surface area contributed by atoms with Crippen molar-refractivity contribution in [1.29, 1.82) is 0 Å². The lowest BCUT2D eigenvalue weighted by Gasteiger charge is -2.38. The first kappa shape index (κ1) is 23.1. The molecule has 3 aromatic rings. The van der Waals surface area contributed by atoms with Crippen LogP contribution in [0.2, 0.25) is 0 Å². The first-order valence-electron chi connectivity index (χ1n) is 11.0. The van der Waals surface area contributed by atoms with Crippen molar-refractivity contribution < 1.29 is 17.6 Å². The first-order valence-corrected chi connectivity index (χ1v) is 12.7. The van der Waals surface area contributed by atoms with Crippen LogP contribution in [-0.2, 0) is 15.7 Å². The van der Waals surface area contributed by atoms with E-state index in [1.54, 1.807) is 41.3 Å². The molecule has 1 aliphatic heterocycles. The van der Waals surface area contributed by atoms with Gasteiger partial charge in [0.15, 0.2) is 27.3 Å². The molecule has 1 aliphatic rings. The normalized spacial score (nSPS) is 16.1. The van der Waals surface area contributed by atoms with Crippen LogP contribution < -0.4 is 0 Å². The van der Waals surface area contributed by atoms with Gasteiger partial charge in [-0.05, 0) is 48.0 Å². The fourth-order valence-electron chi connectivity index (χ4n) is 4.06. The molecule has 0 saturated carbocycles. The molecule has 33 heavy (non-hydrogen) atoms. The Hall–Kier alpha value is -3.05. The maximum Gasteiger partial charge on any atom is 0.289 e. The predicted octanol–water partition coefficient (Wildman–Crippen LogP) is 2.31. The van der Waals surface area contributed by atoms with Crippen LogP contribution in [0.15, 0.2) is 52.0 Å². The van der Waals surface area contributed by atoms with Crippen LogP contribution in [0.5, 0.6) is 0 Å². The average molecular weight is 473 g/mol. The smallest absolute Gasteiger partial charge is 0.289 e. The number of nitrogens with zero attached hydrogens (tertiary/aromatic N) is 6. The predicted molar refractivity (Wildman–Crippen MR) is 120 cm³/mol. The molecule has 0 spiro atoms. The van der Waals surface area contributed by atoms with Crippen LogP contribution in [0.1, 0.15) is 47.7 Å². The number of amides is 1. The number of rotatable bonds is 8. The van der Waals surface area contributed by atoms with E-state index in [1.807, 2.05) is 6.92 Å². The Balaban J connectivity index is 1.49. The largest absolute Gasteiger partial charge is 0.459 e. The van der Waals surface area contributed by atoms with Gasteiger partial charge in [-0.3, -0.25) is 9.69 Å². The van der Waals surface area contributed by atoms with Gasteiger partial charge in [0.05, 0.1) is 17.2 Å². The van der Waals surface area contributed by atoms with Crippen LogP contribution >= 0.6 is 0 Å². The summed E-state index contributed by atoms with van der Waals surface area (Å²) in [4.78, 5) is 16.8. The number of tetrazole rings is 1. The van der Waals surface area contributed by atoms with Crippen molar-refractivity contribution >= 4 is 15.7 Å². The van der Waals surface area contributed by atoms with Crippen LogP contribution in [0.25, 0.3) is 0 Å². The van der Waals surface area contributed by atoms with Crippen molar-refractivity contribution in [3.8, 4) is 0 Å². The number of sulfone groups is 1. The molecule has 1 aromatic carbocycles. The number of carbonyl (C=O) groups excluding carboxylic acids is 1. The van der Waals surface area contributed by atoms with Crippen molar-refractivity contribution in [3.63, 3.8) is 0 Å². The molecule has 0 N–H and O–H groups in total. The Kier molecular flexibility index (Phi) is 6.89. The van der Waals surface area contributed by atoms with E-state index in [-0.39, 0.29) is 22.7 Å². The van der Waals surface area contributed by atoms with Gasteiger partial charge >= 0.3 is 0 Å². The maximum atomic E-state index is 13.0. The number of carbonyl (C=O) groups is 1. The van der Waals surface area contributed by atoms with Crippen molar-refractivity contribution in [2.45, 2.75) is 43.5 Å². The minimum Gasteiger partial charge on any atom is -0.459 e. The van der Waals surface area contributed by atoms with Gasteiger partial charge in [0.2, 0.25) is 0 Å². The van der Waals surface area contributed by atoms with Crippen LogP contribution in [0.4, 0.5) is 0 Å². The van der Waals surface area contributed by atoms with Gasteiger partial charge in [-0.1, -0.05) is 31.0 Å². The second kappa shape index (κ2) is 9.84. The maximum absolute atomic E-state index is 13.0. The summed E-state index contributed by atoms with van der Waals surface area (Å²) >= 11 is 0. The highest BCUT2D eigenvalue weighted by Crippen LogP contribution is 2.26. The average Bonchev–Trinajstić information content (AvgIpc) is 3.50. The highest BCUT2D eigenvalue weighted by molar-refractivity contribution is 7.90. The van der Waals surface area contributed by atoms with Crippen LogP contribution in [0.3, 0.4) is 0 Å². The van der Waals surface area contributed by atoms with E-state index in [9.17, 15) is 13.2 Å². The fourth-order valence-corrected chi connectivity index (χ4v) is 5.27. The molecule has 176 valence electrons. The summed E-state index contributed by atoms with van der Waals surface area (Å²) in [6, 6.07) is 9.98. The molecule has 1 fully saturated rings. The Morgan fingerprint density at radius 2 is 1.85 bits per heavy atom. The molecule has 11 heteroatoms. The highest BCUT2D eigenvalue weighted by atomic mass is 32.2. The van der Waals surface area contributed by atoms with Gasteiger partial charge in [0.1, 0.15) is 0 Å². The van der Waals surface area contributed by atoms with Gasteiger partial charge in [-0.25, -0.2) is 13.1 Å². The van der Waals surface area contributed by atoms with E-state index in [0.717, 1.165) is 18.4 Å². The topological polar surface area (TPSA) is 114 Å². The standard InChI is InChI=1S/C22H28N6O4S/c1-3-5-19(26-11-13-27(14-12-26)22(29)20-6-4-15-32-20)21-23-24-25-28(21)16-33(30,31)18-9-7-17(2)8-10-18/h4,6-10,15,19H,3,5,11-14,16H2,1-2H3/t19-/m0/s1. The van der Waals surface area contributed by atoms with E-state index < -0.39 is 9.84 Å². The zero-order valence-electron chi connectivity index (χ0n) is 18.8. The van der Waals surface area contributed by atoms with Crippen molar-refractivity contribution in [1.82, 2.24) is 30.0 Å². The van der Waals surface area contributed by atoms with Gasteiger partial charge in [-0.15, -0.1) is 5.10 Å². The lowest BCUT2D eigenvalue weighted by Crippen LogP contribution is -2.50. The summed E-state index contributed by atoms with van der Waals surface area (Å²) in [7, 11) is -3.61. The minimum atomic E-state index is -3.61. The summed E-state index contributed by atoms with van der Waals surface area (Å²) in [6.45, 7) is 6.34. The third-order valence-corrected chi connectivity index (χ3v) is 7.44. The molecule has 0 aliphatic carbocycles. The summed E-state index contributed by atoms with van der Waals surface area (Å²) in [6.07, 6.45) is 3.15. The second-order valence-electron chi connectivity index (χ2n) is 8.20. The molecular formula is C22H28N6O4S. The summed E-state index contributed by atoms with van der Waals surface area (Å²) in [5, 5.41) is 12.0. The molecule has 2 aromatic heterocycles. The number of hydrogen-bond acceptors (Lipinski definition) is 8. The van der Waals surface area contributed by atoms with Crippen molar-refractivity contribution in [2.24, 2.45) is 0 Å². The molecule has 0 radical (unpaired) electrons. The van der Waals surface area contributed by atoms with E-state index in [4.69, 9.17) is 4.42 Å². The lowest BCUT2D eigenvalue weighted by atomic mass is 10.1. The zero-order valence-corrected chi connectivity index (χ0v) is 19.6. The van der Waals surface area contributed by atoms with Gasteiger partial charge in [0, 0.05) is 26.2 Å². The number of hydrogen-bond donors (Lipinski definition) is 0. The van der Waals surface area contributed by atoms with Crippen molar-refractivity contribution in [2.75, 3.05) is 26.2 Å². The Morgan fingerprint density at radius 1 is 1.12 bits per heavy atom. The Labute approximate surface area is 193 Å². The van der Waals surface area contributed by atoms with E-state index in [0.29, 0.717) is 37.8 Å². The quantitative estimate of drug-likeness (QED) is 0.491. The number of aryl methyl sites for hydroxylation is 1. The Morgan fingerprint density at radius 3 is 2.48 bits per heavy atom. The molecule has 3 heterocycles. The van der Waals surface area contributed by atoms with E-state index >= 15 is 0 Å². The highest BCUT2D eigenvalue weighted by Gasteiger charge is 2.31. The molecule has 4 rings (SSSR count). The summed E-state index contributed by atoms with van der Waals surface area (Å²) in [5.41, 5.74) is 0.991. The third kappa shape index (κ3) is 5.14. The Bertz CT molecular complexity index is 1170. The minimum absolute atomic E-state index is 0.124. The van der Waals surface area contributed by atoms with Gasteiger partial charge < -0.3 is 9.32 Å². The van der Waals surface area contributed by atoms with Crippen molar-refractivity contribution in [3.05, 3.63) is 59.8 Å². The number of piperazine rings is 1. The second-order valence-corrected chi connectivity index (χ2v) is 10.2. The molecule has 10 nitrogen and oxygen atoms in total. The SMILES string of the molecule is CCC[C@@H](c1nnnn1CS(=O)(=O)c1ccc(C)cc1)N1CCN(C(=O)c2ccco2)CC1. The fraction of sp³-hybridized carbons (Fsp3) is 0.455. The van der Waals surface area contributed by atoms with Gasteiger partial charge in [0.25, 0.3) is 5.91 Å². The zero-order chi connectivity index (χ0) is 23.4. The lowest BCUT2D eigenvalue weighted by molar-refractivity contribution is 0.0515. The van der Waals surface area contributed by atoms with E-state index in [1.165, 1.54) is 10.9 Å². The summed E-state index contributed by atoms with van der Waals surface area (Å²) < 4.78 is 32.6. The van der Waals surface area contributed by atoms with Crippen LogP contribution in [-0.4, -0.2) is 70.5 Å². The molecule has 0 unspecified atom stereocenters. The number of aromatic nitrogens is 4. The van der Waals surface area contributed by atoms with E-state index in [2.05, 4.69) is 27.3 Å². The monoisotopic (exact) mass is 472 g/mol. The molecule has 0 bridgehead atoms. The molecular weight excluding hydrogens is 444 g/mol.